The van der Waals surface area contributed by atoms with Crippen molar-refractivity contribution >= 4 is 0 Å². The van der Waals surface area contributed by atoms with E-state index in [-0.39, 0.29) is 5.92 Å². The van der Waals surface area contributed by atoms with E-state index in [2.05, 4.69) is 13.8 Å². The number of halogens is 1. The van der Waals surface area contributed by atoms with Crippen LogP contribution in [0.3, 0.4) is 0 Å². The second-order valence-corrected chi connectivity index (χ2v) is 3.98. The highest BCUT2D eigenvalue weighted by Gasteiger charge is 2.09. The number of hydrogen-bond acceptors (Lipinski definition) is 0. The molecule has 0 saturated carbocycles. The summed E-state index contributed by atoms with van der Waals surface area (Å²) < 4.78 is 12.6. The molecule has 0 amide bonds. The lowest BCUT2D eigenvalue weighted by molar-refractivity contribution is 0.246. The van der Waals surface area contributed by atoms with Gasteiger partial charge in [-0.25, -0.2) is 4.39 Å². The predicted molar refractivity (Wildman–Crippen MR) is 48.4 cm³/mol. The van der Waals surface area contributed by atoms with E-state index < -0.39 is 6.17 Å². The highest BCUT2D eigenvalue weighted by Crippen LogP contribution is 2.16. The summed E-state index contributed by atoms with van der Waals surface area (Å²) in [5.41, 5.74) is 0. The normalized spacial score (nSPS) is 16.9. The summed E-state index contributed by atoms with van der Waals surface area (Å²) in [4.78, 5) is 0. The van der Waals surface area contributed by atoms with Gasteiger partial charge >= 0.3 is 0 Å². The Hall–Kier alpha value is -0.0700. The van der Waals surface area contributed by atoms with Gasteiger partial charge in [0.2, 0.25) is 0 Å². The van der Waals surface area contributed by atoms with Gasteiger partial charge in [0.05, 0.1) is 6.17 Å². The standard InChI is InChI=1S/C10H21F/c1-8(2)6-5-7-9(3)10(4)11/h8-10H,5-7H2,1-4H3. The van der Waals surface area contributed by atoms with Crippen LogP contribution in [0.4, 0.5) is 4.39 Å². The van der Waals surface area contributed by atoms with Crippen LogP contribution in [0.2, 0.25) is 0 Å². The minimum Gasteiger partial charge on any atom is -0.248 e. The van der Waals surface area contributed by atoms with Crippen LogP contribution in [0, 0.1) is 11.8 Å². The van der Waals surface area contributed by atoms with E-state index in [1.807, 2.05) is 6.92 Å². The molecule has 0 spiro atoms. The Morgan fingerprint density at radius 3 is 1.91 bits per heavy atom. The van der Waals surface area contributed by atoms with Crippen LogP contribution in [-0.2, 0) is 0 Å². The lowest BCUT2D eigenvalue weighted by Gasteiger charge is -2.12. The Morgan fingerprint density at radius 2 is 1.55 bits per heavy atom. The summed E-state index contributed by atoms with van der Waals surface area (Å²) in [6, 6.07) is 0. The van der Waals surface area contributed by atoms with Crippen LogP contribution in [0.15, 0.2) is 0 Å². The first-order valence-corrected chi connectivity index (χ1v) is 4.68. The third kappa shape index (κ3) is 6.33. The van der Waals surface area contributed by atoms with Crippen molar-refractivity contribution in [3.63, 3.8) is 0 Å². The highest BCUT2D eigenvalue weighted by molar-refractivity contribution is 4.60. The van der Waals surface area contributed by atoms with Gasteiger partial charge in [0.1, 0.15) is 0 Å². The summed E-state index contributed by atoms with van der Waals surface area (Å²) in [5.74, 6) is 1.01. The molecule has 0 aromatic carbocycles. The smallest absolute Gasteiger partial charge is 0.0998 e. The van der Waals surface area contributed by atoms with Gasteiger partial charge in [-0.2, -0.15) is 0 Å². The summed E-state index contributed by atoms with van der Waals surface area (Å²) in [7, 11) is 0. The van der Waals surface area contributed by atoms with E-state index in [0.717, 1.165) is 12.3 Å². The molecule has 0 aliphatic carbocycles. The second kappa shape index (κ2) is 5.56. The fourth-order valence-corrected chi connectivity index (χ4v) is 1.08. The zero-order valence-electron chi connectivity index (χ0n) is 8.23. The van der Waals surface area contributed by atoms with Crippen molar-refractivity contribution in [2.75, 3.05) is 0 Å². The van der Waals surface area contributed by atoms with Gasteiger partial charge < -0.3 is 0 Å². The molecule has 0 rings (SSSR count). The molecule has 0 radical (unpaired) electrons. The molecule has 1 heteroatoms. The van der Waals surface area contributed by atoms with E-state index in [4.69, 9.17) is 0 Å². The molecule has 0 aromatic heterocycles. The van der Waals surface area contributed by atoms with Gasteiger partial charge in [-0.15, -0.1) is 0 Å². The van der Waals surface area contributed by atoms with E-state index >= 15 is 0 Å². The molecule has 0 aliphatic rings. The average Bonchev–Trinajstić information content (AvgIpc) is 1.86. The van der Waals surface area contributed by atoms with E-state index in [1.54, 1.807) is 6.92 Å². The van der Waals surface area contributed by atoms with Crippen molar-refractivity contribution in [2.45, 2.75) is 53.1 Å². The van der Waals surface area contributed by atoms with Crippen molar-refractivity contribution in [3.05, 3.63) is 0 Å². The van der Waals surface area contributed by atoms with Crippen molar-refractivity contribution in [1.29, 1.82) is 0 Å². The zero-order valence-corrected chi connectivity index (χ0v) is 8.23. The molecule has 2 atom stereocenters. The molecule has 0 nitrogen and oxygen atoms in total. The lowest BCUT2D eigenvalue weighted by atomic mass is 9.97. The monoisotopic (exact) mass is 160 g/mol. The molecule has 0 saturated heterocycles. The van der Waals surface area contributed by atoms with E-state index in [0.29, 0.717) is 0 Å². The van der Waals surface area contributed by atoms with Crippen LogP contribution in [-0.4, -0.2) is 6.17 Å². The zero-order chi connectivity index (χ0) is 8.85. The van der Waals surface area contributed by atoms with Gasteiger partial charge in [0, 0.05) is 0 Å². The Bertz CT molecular complexity index is 86.9. The molecule has 0 aliphatic heterocycles. The Morgan fingerprint density at radius 1 is 1.00 bits per heavy atom. The maximum absolute atomic E-state index is 12.6. The molecule has 0 heterocycles. The van der Waals surface area contributed by atoms with Crippen LogP contribution in [0.25, 0.3) is 0 Å². The molecular weight excluding hydrogens is 139 g/mol. The van der Waals surface area contributed by atoms with Gasteiger partial charge in [-0.05, 0) is 25.2 Å². The first kappa shape index (κ1) is 10.9. The molecule has 0 fully saturated rings. The van der Waals surface area contributed by atoms with Crippen molar-refractivity contribution < 1.29 is 4.39 Å². The van der Waals surface area contributed by atoms with Crippen LogP contribution >= 0.6 is 0 Å². The average molecular weight is 160 g/mol. The summed E-state index contributed by atoms with van der Waals surface area (Å²) in [6.07, 6.45) is 2.81. The van der Waals surface area contributed by atoms with Crippen molar-refractivity contribution in [3.8, 4) is 0 Å². The first-order valence-electron chi connectivity index (χ1n) is 4.68. The Kier molecular flexibility index (Phi) is 5.53. The van der Waals surface area contributed by atoms with Gasteiger partial charge in [-0.1, -0.05) is 33.6 Å². The molecule has 0 N–H and O–H groups in total. The summed E-state index contributed by atoms with van der Waals surface area (Å²) in [5, 5.41) is 0. The summed E-state index contributed by atoms with van der Waals surface area (Å²) >= 11 is 0. The van der Waals surface area contributed by atoms with Crippen molar-refractivity contribution in [1.82, 2.24) is 0 Å². The van der Waals surface area contributed by atoms with Crippen LogP contribution in [0.1, 0.15) is 47.0 Å². The van der Waals surface area contributed by atoms with Crippen LogP contribution < -0.4 is 0 Å². The molecule has 2 unspecified atom stereocenters. The Labute approximate surface area is 70.2 Å². The molecule has 68 valence electrons. The fourth-order valence-electron chi connectivity index (χ4n) is 1.08. The number of rotatable bonds is 5. The SMILES string of the molecule is CC(C)CCCC(C)C(C)F. The van der Waals surface area contributed by atoms with Crippen LogP contribution in [0.5, 0.6) is 0 Å². The van der Waals surface area contributed by atoms with Gasteiger partial charge in [0.15, 0.2) is 0 Å². The number of alkyl halides is 1. The van der Waals surface area contributed by atoms with Crippen molar-refractivity contribution in [2.24, 2.45) is 11.8 Å². The summed E-state index contributed by atoms with van der Waals surface area (Å²) in [6.45, 7) is 8.07. The third-order valence-corrected chi connectivity index (χ3v) is 2.23. The predicted octanol–water partition coefficient (Wildman–Crippen LogP) is 3.81. The maximum Gasteiger partial charge on any atom is 0.0998 e. The quantitative estimate of drug-likeness (QED) is 0.573. The Balaban J connectivity index is 3.24. The van der Waals surface area contributed by atoms with Gasteiger partial charge in [0.25, 0.3) is 0 Å². The first-order chi connectivity index (χ1) is 5.04. The largest absolute Gasteiger partial charge is 0.248 e. The molecular formula is C10H21F. The highest BCUT2D eigenvalue weighted by atomic mass is 19.1. The molecule has 0 bridgehead atoms. The minimum atomic E-state index is -0.637. The second-order valence-electron chi connectivity index (χ2n) is 3.98. The minimum absolute atomic E-state index is 0.244. The lowest BCUT2D eigenvalue weighted by Crippen LogP contribution is -2.08. The van der Waals surface area contributed by atoms with E-state index in [9.17, 15) is 4.39 Å². The van der Waals surface area contributed by atoms with E-state index in [1.165, 1.54) is 12.8 Å². The number of hydrogen-bond donors (Lipinski definition) is 0. The molecule has 0 aromatic rings. The topological polar surface area (TPSA) is 0 Å². The molecule has 11 heavy (non-hydrogen) atoms. The fraction of sp³-hybridized carbons (Fsp3) is 1.00. The third-order valence-electron chi connectivity index (χ3n) is 2.23. The van der Waals surface area contributed by atoms with Gasteiger partial charge in [-0.3, -0.25) is 0 Å². The maximum atomic E-state index is 12.6.